The third-order valence-corrected chi connectivity index (χ3v) is 3.80. The summed E-state index contributed by atoms with van der Waals surface area (Å²) >= 11 is 3.48. The average Bonchev–Trinajstić information content (AvgIpc) is 2.69. The van der Waals surface area contributed by atoms with Crippen molar-refractivity contribution in [3.63, 3.8) is 0 Å². The first-order valence-corrected chi connectivity index (χ1v) is 7.28. The monoisotopic (exact) mass is 328 g/mol. The molecule has 0 saturated heterocycles. The summed E-state index contributed by atoms with van der Waals surface area (Å²) in [5.74, 6) is 0.869. The summed E-state index contributed by atoms with van der Waals surface area (Å²) < 4.78 is 6.73. The summed E-state index contributed by atoms with van der Waals surface area (Å²) in [6.45, 7) is 1.53. The van der Waals surface area contributed by atoms with Gasteiger partial charge in [0.2, 0.25) is 0 Å². The predicted molar refractivity (Wildman–Crippen MR) is 82.4 cm³/mol. The Kier molecular flexibility index (Phi) is 3.62. The Labute approximate surface area is 126 Å². The molecule has 2 aromatic rings. The van der Waals surface area contributed by atoms with Gasteiger partial charge in [-0.25, -0.2) is 0 Å². The predicted octanol–water partition coefficient (Wildman–Crippen LogP) is 4.24. The van der Waals surface area contributed by atoms with Gasteiger partial charge in [-0.15, -0.1) is 0 Å². The van der Waals surface area contributed by atoms with Crippen LogP contribution >= 0.6 is 15.9 Å². The molecule has 3 nitrogen and oxygen atoms in total. The van der Waals surface area contributed by atoms with Crippen molar-refractivity contribution >= 4 is 27.3 Å². The molecule has 20 heavy (non-hydrogen) atoms. The summed E-state index contributed by atoms with van der Waals surface area (Å²) in [6, 6.07) is 15.9. The number of nitriles is 1. The third kappa shape index (κ3) is 2.37. The lowest BCUT2D eigenvalue weighted by molar-refractivity contribution is 0.322. The normalized spacial score (nSPS) is 13.9. The zero-order valence-corrected chi connectivity index (χ0v) is 12.4. The second-order valence-corrected chi connectivity index (χ2v) is 5.51. The second-order valence-electron chi connectivity index (χ2n) is 4.59. The van der Waals surface area contributed by atoms with Crippen LogP contribution in [0, 0.1) is 11.3 Å². The number of ether oxygens (including phenoxy) is 1. The zero-order chi connectivity index (χ0) is 13.9. The van der Waals surface area contributed by atoms with Gasteiger partial charge >= 0.3 is 0 Å². The lowest BCUT2D eigenvalue weighted by Crippen LogP contribution is -2.18. The number of nitrogens with zero attached hydrogens (tertiary/aromatic N) is 2. The Hall–Kier alpha value is -1.99. The fourth-order valence-electron chi connectivity index (χ4n) is 2.40. The van der Waals surface area contributed by atoms with Crippen LogP contribution in [0.25, 0.3) is 0 Å². The first kappa shape index (κ1) is 13.0. The highest BCUT2D eigenvalue weighted by Gasteiger charge is 2.19. The molecule has 4 heteroatoms. The van der Waals surface area contributed by atoms with Crippen molar-refractivity contribution in [1.29, 1.82) is 5.26 Å². The van der Waals surface area contributed by atoms with Gasteiger partial charge in [-0.1, -0.05) is 28.1 Å². The number of rotatable bonds is 1. The molecular weight excluding hydrogens is 316 g/mol. The van der Waals surface area contributed by atoms with E-state index >= 15 is 0 Å². The van der Waals surface area contributed by atoms with E-state index in [2.05, 4.69) is 26.9 Å². The summed E-state index contributed by atoms with van der Waals surface area (Å²) in [5, 5.41) is 9.34. The van der Waals surface area contributed by atoms with Crippen molar-refractivity contribution in [3.05, 3.63) is 52.5 Å². The molecule has 0 unspecified atom stereocenters. The van der Waals surface area contributed by atoms with Crippen molar-refractivity contribution in [2.24, 2.45) is 0 Å². The highest BCUT2D eigenvalue weighted by molar-refractivity contribution is 9.10. The molecule has 0 aliphatic carbocycles. The zero-order valence-electron chi connectivity index (χ0n) is 10.8. The summed E-state index contributed by atoms with van der Waals surface area (Å²) in [7, 11) is 0. The molecule has 0 atom stereocenters. The van der Waals surface area contributed by atoms with Gasteiger partial charge < -0.3 is 9.64 Å². The maximum Gasteiger partial charge on any atom is 0.142 e. The van der Waals surface area contributed by atoms with E-state index in [1.54, 1.807) is 0 Å². The number of anilines is 2. The Morgan fingerprint density at radius 1 is 1.15 bits per heavy atom. The first-order valence-electron chi connectivity index (χ1n) is 6.48. The molecule has 0 fully saturated rings. The molecule has 3 rings (SSSR count). The Balaban J connectivity index is 2.15. The van der Waals surface area contributed by atoms with Gasteiger partial charge in [0, 0.05) is 11.0 Å². The van der Waals surface area contributed by atoms with Crippen molar-refractivity contribution < 1.29 is 4.74 Å². The van der Waals surface area contributed by atoms with Crippen LogP contribution in [0.5, 0.6) is 5.75 Å². The molecule has 0 spiro atoms. The van der Waals surface area contributed by atoms with Crippen molar-refractivity contribution in [2.75, 3.05) is 18.1 Å². The highest BCUT2D eigenvalue weighted by atomic mass is 79.9. The van der Waals surface area contributed by atoms with Gasteiger partial charge in [0.25, 0.3) is 0 Å². The SMILES string of the molecule is N#Cc1ccc(Br)cc1N1CCCOc2ccccc21. The molecule has 2 aromatic carbocycles. The number of hydrogen-bond acceptors (Lipinski definition) is 3. The molecule has 1 aliphatic heterocycles. The summed E-state index contributed by atoms with van der Waals surface area (Å²) in [4.78, 5) is 2.16. The van der Waals surface area contributed by atoms with Crippen LogP contribution in [0.2, 0.25) is 0 Å². The van der Waals surface area contributed by atoms with Gasteiger partial charge in [-0.05, 0) is 36.8 Å². The number of halogens is 1. The van der Waals surface area contributed by atoms with Crippen LogP contribution in [-0.4, -0.2) is 13.2 Å². The standard InChI is InChI=1S/C16H13BrN2O/c17-13-7-6-12(11-18)15(10-13)19-8-3-9-20-16-5-2-1-4-14(16)19/h1-2,4-7,10H,3,8-9H2. The number of hydrogen-bond donors (Lipinski definition) is 0. The van der Waals surface area contributed by atoms with E-state index in [4.69, 9.17) is 4.74 Å². The van der Waals surface area contributed by atoms with Gasteiger partial charge in [-0.2, -0.15) is 5.26 Å². The number of benzene rings is 2. The minimum absolute atomic E-state index is 0.671. The summed E-state index contributed by atoms with van der Waals surface area (Å²) in [6.07, 6.45) is 0.923. The van der Waals surface area contributed by atoms with Crippen LogP contribution in [-0.2, 0) is 0 Å². The quantitative estimate of drug-likeness (QED) is 0.785. The van der Waals surface area contributed by atoms with Gasteiger partial charge in [0.05, 0.1) is 23.5 Å². The summed E-state index contributed by atoms with van der Waals surface area (Å²) in [5.41, 5.74) is 2.60. The third-order valence-electron chi connectivity index (χ3n) is 3.31. The van der Waals surface area contributed by atoms with Gasteiger partial charge in [-0.3, -0.25) is 0 Å². The fourth-order valence-corrected chi connectivity index (χ4v) is 2.75. The van der Waals surface area contributed by atoms with E-state index in [-0.39, 0.29) is 0 Å². The van der Waals surface area contributed by atoms with E-state index < -0.39 is 0 Å². The maximum absolute atomic E-state index is 9.34. The van der Waals surface area contributed by atoms with E-state index in [0.717, 1.165) is 34.6 Å². The largest absolute Gasteiger partial charge is 0.491 e. The smallest absolute Gasteiger partial charge is 0.142 e. The minimum Gasteiger partial charge on any atom is -0.491 e. The van der Waals surface area contributed by atoms with Crippen LogP contribution in [0.1, 0.15) is 12.0 Å². The molecule has 0 bridgehead atoms. The van der Waals surface area contributed by atoms with Crippen LogP contribution in [0.4, 0.5) is 11.4 Å². The van der Waals surface area contributed by atoms with Crippen molar-refractivity contribution in [2.45, 2.75) is 6.42 Å². The van der Waals surface area contributed by atoms with Crippen LogP contribution in [0.15, 0.2) is 46.9 Å². The molecule has 0 radical (unpaired) electrons. The molecule has 0 amide bonds. The van der Waals surface area contributed by atoms with Crippen LogP contribution < -0.4 is 9.64 Å². The molecule has 0 saturated carbocycles. The Morgan fingerprint density at radius 2 is 2.00 bits per heavy atom. The van der Waals surface area contributed by atoms with E-state index in [9.17, 15) is 5.26 Å². The Bertz CT molecular complexity index is 678. The van der Waals surface area contributed by atoms with E-state index in [1.807, 2.05) is 42.5 Å². The minimum atomic E-state index is 0.671. The topological polar surface area (TPSA) is 36.3 Å². The molecule has 1 heterocycles. The highest BCUT2D eigenvalue weighted by Crippen LogP contribution is 2.38. The van der Waals surface area contributed by atoms with Gasteiger partial charge in [0.15, 0.2) is 0 Å². The van der Waals surface area contributed by atoms with Crippen molar-refractivity contribution in [1.82, 2.24) is 0 Å². The number of para-hydroxylation sites is 2. The lowest BCUT2D eigenvalue weighted by Gasteiger charge is -2.25. The fraction of sp³-hybridized carbons (Fsp3) is 0.188. The van der Waals surface area contributed by atoms with Crippen molar-refractivity contribution in [3.8, 4) is 11.8 Å². The van der Waals surface area contributed by atoms with E-state index in [1.165, 1.54) is 0 Å². The maximum atomic E-state index is 9.34. The molecule has 1 aliphatic rings. The second kappa shape index (κ2) is 5.56. The lowest BCUT2D eigenvalue weighted by atomic mass is 10.1. The molecule has 0 aromatic heterocycles. The average molecular weight is 329 g/mol. The van der Waals surface area contributed by atoms with Crippen LogP contribution in [0.3, 0.4) is 0 Å². The molecular formula is C16H13BrN2O. The Morgan fingerprint density at radius 3 is 2.85 bits per heavy atom. The molecule has 0 N–H and O–H groups in total. The van der Waals surface area contributed by atoms with E-state index in [0.29, 0.717) is 12.2 Å². The number of fused-ring (bicyclic) bond motifs is 1. The van der Waals surface area contributed by atoms with Gasteiger partial charge in [0.1, 0.15) is 11.8 Å². The molecule has 100 valence electrons. The first-order chi connectivity index (χ1) is 9.79.